The summed E-state index contributed by atoms with van der Waals surface area (Å²) in [6.45, 7) is 5.92. The van der Waals surface area contributed by atoms with Crippen molar-refractivity contribution < 1.29 is 14.4 Å². The zero-order valence-electron chi connectivity index (χ0n) is 16.8. The molecule has 2 aromatic rings. The molecule has 2 aromatic carbocycles. The van der Waals surface area contributed by atoms with Crippen molar-refractivity contribution in [3.05, 3.63) is 70.2 Å². The van der Waals surface area contributed by atoms with E-state index in [1.165, 1.54) is 0 Å². The summed E-state index contributed by atoms with van der Waals surface area (Å²) in [5, 5.41) is 3.24. The summed E-state index contributed by atoms with van der Waals surface area (Å²) in [5.74, 6) is -1.13. The lowest BCUT2D eigenvalue weighted by Gasteiger charge is -2.20. The average molecular weight is 416 g/mol. The van der Waals surface area contributed by atoms with E-state index in [9.17, 15) is 14.4 Å². The standard InChI is InChI=1S/C22H26ClN3O3/c1-4-15-5-7-17(8-6-15)21(28)25-26-22(29)19(13-14(2)3)24-20(27)16-9-11-18(23)12-10-16/h5-12,14,19H,4,13H2,1-3H3,(H,24,27)(H,25,28)(H,26,29)/t19-/m0/s1. The zero-order chi connectivity index (χ0) is 21.4. The van der Waals surface area contributed by atoms with Crippen LogP contribution in [-0.4, -0.2) is 23.8 Å². The van der Waals surface area contributed by atoms with Crippen LogP contribution in [-0.2, 0) is 11.2 Å². The lowest BCUT2D eigenvalue weighted by atomic mass is 10.0. The predicted molar refractivity (Wildman–Crippen MR) is 114 cm³/mol. The first-order chi connectivity index (χ1) is 13.8. The lowest BCUT2D eigenvalue weighted by molar-refractivity contribution is -0.124. The summed E-state index contributed by atoms with van der Waals surface area (Å²) in [5.41, 5.74) is 6.76. The van der Waals surface area contributed by atoms with Gasteiger partial charge in [0.05, 0.1) is 0 Å². The number of benzene rings is 2. The minimum Gasteiger partial charge on any atom is -0.340 e. The fourth-order valence-electron chi connectivity index (χ4n) is 2.72. The summed E-state index contributed by atoms with van der Waals surface area (Å²) in [7, 11) is 0. The Morgan fingerprint density at radius 3 is 1.97 bits per heavy atom. The van der Waals surface area contributed by atoms with Gasteiger partial charge in [-0.3, -0.25) is 25.2 Å². The summed E-state index contributed by atoms with van der Waals surface area (Å²) < 4.78 is 0. The van der Waals surface area contributed by atoms with Crippen LogP contribution < -0.4 is 16.2 Å². The molecule has 29 heavy (non-hydrogen) atoms. The van der Waals surface area contributed by atoms with Crippen LogP contribution >= 0.6 is 11.6 Å². The maximum atomic E-state index is 12.6. The van der Waals surface area contributed by atoms with Crippen LogP contribution in [0.25, 0.3) is 0 Å². The average Bonchev–Trinajstić information content (AvgIpc) is 2.71. The van der Waals surface area contributed by atoms with E-state index in [0.29, 0.717) is 22.6 Å². The van der Waals surface area contributed by atoms with Gasteiger partial charge >= 0.3 is 0 Å². The predicted octanol–water partition coefficient (Wildman–Crippen LogP) is 3.51. The number of hydrazine groups is 1. The van der Waals surface area contributed by atoms with E-state index in [1.54, 1.807) is 36.4 Å². The first kappa shape index (κ1) is 22.4. The number of hydrogen-bond donors (Lipinski definition) is 3. The summed E-state index contributed by atoms with van der Waals surface area (Å²) in [6, 6.07) is 12.7. The van der Waals surface area contributed by atoms with Crippen LogP contribution in [0.5, 0.6) is 0 Å². The Bertz CT molecular complexity index is 849. The van der Waals surface area contributed by atoms with E-state index in [-0.39, 0.29) is 11.8 Å². The van der Waals surface area contributed by atoms with Crippen molar-refractivity contribution in [1.29, 1.82) is 0 Å². The molecule has 0 aromatic heterocycles. The molecule has 1 atom stereocenters. The van der Waals surface area contributed by atoms with Crippen LogP contribution in [0.15, 0.2) is 48.5 Å². The molecule has 0 radical (unpaired) electrons. The quantitative estimate of drug-likeness (QED) is 0.605. The van der Waals surface area contributed by atoms with Gasteiger partial charge in [-0.05, 0) is 60.7 Å². The minimum atomic E-state index is -0.791. The second-order valence-corrected chi connectivity index (χ2v) is 7.59. The van der Waals surface area contributed by atoms with Crippen LogP contribution in [0, 0.1) is 5.92 Å². The molecule has 2 rings (SSSR count). The SMILES string of the molecule is CCc1ccc(C(=O)NNC(=O)[C@H](CC(C)C)NC(=O)c2ccc(Cl)cc2)cc1. The van der Waals surface area contributed by atoms with Gasteiger partial charge in [0, 0.05) is 16.1 Å². The summed E-state index contributed by atoms with van der Waals surface area (Å²) in [6.07, 6.45) is 1.30. The lowest BCUT2D eigenvalue weighted by Crippen LogP contribution is -2.52. The number of rotatable bonds is 7. The van der Waals surface area contributed by atoms with E-state index < -0.39 is 17.9 Å². The Hall–Kier alpha value is -2.86. The van der Waals surface area contributed by atoms with Gasteiger partial charge < -0.3 is 5.32 Å². The molecule has 3 N–H and O–H groups in total. The third-order valence-corrected chi connectivity index (χ3v) is 4.61. The molecule has 0 spiro atoms. The van der Waals surface area contributed by atoms with Crippen LogP contribution in [0.1, 0.15) is 53.5 Å². The van der Waals surface area contributed by atoms with Gasteiger partial charge in [0.25, 0.3) is 17.7 Å². The van der Waals surface area contributed by atoms with Gasteiger partial charge in [0.1, 0.15) is 6.04 Å². The monoisotopic (exact) mass is 415 g/mol. The Morgan fingerprint density at radius 1 is 0.862 bits per heavy atom. The van der Waals surface area contributed by atoms with Crippen LogP contribution in [0.4, 0.5) is 0 Å². The molecule has 0 bridgehead atoms. The highest BCUT2D eigenvalue weighted by Crippen LogP contribution is 2.11. The van der Waals surface area contributed by atoms with E-state index in [2.05, 4.69) is 16.2 Å². The molecule has 0 fully saturated rings. The van der Waals surface area contributed by atoms with Crippen molar-refractivity contribution >= 4 is 29.3 Å². The number of carbonyl (C=O) groups is 3. The molecular formula is C22H26ClN3O3. The van der Waals surface area contributed by atoms with Crippen molar-refractivity contribution in [2.45, 2.75) is 39.7 Å². The molecule has 0 aliphatic rings. The third kappa shape index (κ3) is 6.91. The van der Waals surface area contributed by atoms with E-state index >= 15 is 0 Å². The molecule has 7 heteroatoms. The van der Waals surface area contributed by atoms with E-state index in [0.717, 1.165) is 12.0 Å². The van der Waals surface area contributed by atoms with E-state index in [4.69, 9.17) is 11.6 Å². The highest BCUT2D eigenvalue weighted by molar-refractivity contribution is 6.30. The number of hydrogen-bond acceptors (Lipinski definition) is 3. The molecule has 0 aliphatic carbocycles. The normalized spacial score (nSPS) is 11.6. The molecule has 0 saturated heterocycles. The number of aryl methyl sites for hydroxylation is 1. The smallest absolute Gasteiger partial charge is 0.269 e. The minimum absolute atomic E-state index is 0.161. The zero-order valence-corrected chi connectivity index (χ0v) is 17.5. The van der Waals surface area contributed by atoms with Gasteiger partial charge in [0.2, 0.25) is 0 Å². The Kier molecular flexibility index (Phi) is 8.21. The van der Waals surface area contributed by atoms with Gasteiger partial charge in [-0.1, -0.05) is 44.5 Å². The van der Waals surface area contributed by atoms with Crippen molar-refractivity contribution in [1.82, 2.24) is 16.2 Å². The van der Waals surface area contributed by atoms with Gasteiger partial charge in [0.15, 0.2) is 0 Å². The fraction of sp³-hybridized carbons (Fsp3) is 0.318. The van der Waals surface area contributed by atoms with Gasteiger partial charge in [-0.25, -0.2) is 0 Å². The third-order valence-electron chi connectivity index (χ3n) is 4.36. The summed E-state index contributed by atoms with van der Waals surface area (Å²) in [4.78, 5) is 37.3. The number of carbonyl (C=O) groups excluding carboxylic acids is 3. The maximum absolute atomic E-state index is 12.6. The molecule has 3 amide bonds. The first-order valence-electron chi connectivity index (χ1n) is 9.55. The van der Waals surface area contributed by atoms with Crippen molar-refractivity contribution in [2.75, 3.05) is 0 Å². The van der Waals surface area contributed by atoms with Crippen molar-refractivity contribution in [3.63, 3.8) is 0 Å². The van der Waals surface area contributed by atoms with Crippen LogP contribution in [0.2, 0.25) is 5.02 Å². The first-order valence-corrected chi connectivity index (χ1v) is 9.93. The highest BCUT2D eigenvalue weighted by atomic mass is 35.5. The molecular weight excluding hydrogens is 390 g/mol. The highest BCUT2D eigenvalue weighted by Gasteiger charge is 2.23. The van der Waals surface area contributed by atoms with Gasteiger partial charge in [-0.15, -0.1) is 0 Å². The second-order valence-electron chi connectivity index (χ2n) is 7.16. The topological polar surface area (TPSA) is 87.3 Å². The van der Waals surface area contributed by atoms with Crippen LogP contribution in [0.3, 0.4) is 0 Å². The number of amides is 3. The summed E-state index contributed by atoms with van der Waals surface area (Å²) >= 11 is 5.84. The maximum Gasteiger partial charge on any atom is 0.269 e. The van der Waals surface area contributed by atoms with Crippen molar-refractivity contribution in [2.24, 2.45) is 5.92 Å². The molecule has 0 unspecified atom stereocenters. The number of nitrogens with one attached hydrogen (secondary N) is 3. The molecule has 0 heterocycles. The molecule has 0 aliphatic heterocycles. The van der Waals surface area contributed by atoms with Crippen molar-refractivity contribution in [3.8, 4) is 0 Å². The Balaban J connectivity index is 1.99. The fourth-order valence-corrected chi connectivity index (χ4v) is 2.84. The molecule has 0 saturated carbocycles. The second kappa shape index (κ2) is 10.6. The molecule has 6 nitrogen and oxygen atoms in total. The van der Waals surface area contributed by atoms with Gasteiger partial charge in [-0.2, -0.15) is 0 Å². The Labute approximate surface area is 176 Å². The van der Waals surface area contributed by atoms with E-state index in [1.807, 2.05) is 32.9 Å². The number of halogens is 1. The molecule has 154 valence electrons. The largest absolute Gasteiger partial charge is 0.340 e. The Morgan fingerprint density at radius 2 is 1.41 bits per heavy atom.